The molecule has 1 aromatic heterocycles. The molecule has 8 heavy (non-hydrogen) atoms. The summed E-state index contributed by atoms with van der Waals surface area (Å²) in [5.74, 6) is 1.37. The van der Waals surface area contributed by atoms with Crippen molar-refractivity contribution in [2.24, 2.45) is 0 Å². The molecule has 0 N–H and O–H groups in total. The van der Waals surface area contributed by atoms with Crippen molar-refractivity contribution in [1.82, 2.24) is 4.98 Å². The topological polar surface area (TPSA) is 26.0 Å². The molecule has 2 nitrogen and oxygen atoms in total. The van der Waals surface area contributed by atoms with Gasteiger partial charge in [-0.3, -0.25) is 0 Å². The number of aromatic nitrogens is 1. The first-order valence-corrected chi connectivity index (χ1v) is 3.46. The monoisotopic (exact) mass is 193 g/mol. The van der Waals surface area contributed by atoms with Gasteiger partial charge in [0, 0.05) is 15.9 Å². The van der Waals surface area contributed by atoms with Gasteiger partial charge in [-0.1, -0.05) is 0 Å². The summed E-state index contributed by atoms with van der Waals surface area (Å²) in [6.07, 6.45) is 1.64. The van der Waals surface area contributed by atoms with Crippen molar-refractivity contribution in [1.29, 1.82) is 0 Å². The van der Waals surface area contributed by atoms with Gasteiger partial charge < -0.3 is 4.42 Å². The van der Waals surface area contributed by atoms with Crippen molar-refractivity contribution in [3.63, 3.8) is 0 Å². The van der Waals surface area contributed by atoms with Gasteiger partial charge >= 0.3 is 0 Å². The van der Waals surface area contributed by atoms with Crippen molar-refractivity contribution < 1.29 is 4.42 Å². The van der Waals surface area contributed by atoms with Crippen molar-refractivity contribution in [3.05, 3.63) is 16.8 Å². The molecule has 0 aliphatic carbocycles. The Morgan fingerprint density at radius 3 is 2.88 bits per heavy atom. The summed E-state index contributed by atoms with van der Waals surface area (Å²) in [5, 5.41) is 0. The Kier molecular flexibility index (Phi) is 1.96. The smallest absolute Gasteiger partial charge is 0.264 e. The van der Waals surface area contributed by atoms with E-state index in [1.807, 2.05) is 0 Å². The molecule has 0 aliphatic rings. The zero-order valence-electron chi connectivity index (χ0n) is 3.97. The Morgan fingerprint density at radius 2 is 2.62 bits per heavy atom. The lowest BCUT2D eigenvalue weighted by Gasteiger charge is -1.79. The zero-order valence-corrected chi connectivity index (χ0v) is 6.45. The molecule has 0 amide bonds. The van der Waals surface area contributed by atoms with Crippen LogP contribution in [0.2, 0.25) is 0 Å². The molecule has 44 valence electrons. The maximum absolute atomic E-state index is 4.96. The van der Waals surface area contributed by atoms with Crippen LogP contribution in [0.4, 0.5) is 0 Å². The van der Waals surface area contributed by atoms with Gasteiger partial charge in [0.2, 0.25) is 0 Å². The minimum atomic E-state index is 0.515. The lowest BCUT2D eigenvalue weighted by atomic mass is 10.6. The highest BCUT2D eigenvalue weighted by Gasteiger charge is 1.94. The van der Waals surface area contributed by atoms with E-state index in [0.717, 1.165) is 5.76 Å². The Hall–Kier alpha value is 0.0400. The first kappa shape index (κ1) is 6.16. The third-order valence-corrected chi connectivity index (χ3v) is 1.36. The van der Waals surface area contributed by atoms with Crippen molar-refractivity contribution in [2.45, 2.75) is 5.75 Å². The Morgan fingerprint density at radius 1 is 1.88 bits per heavy atom. The van der Waals surface area contributed by atoms with Crippen LogP contribution in [0.3, 0.4) is 0 Å². The summed E-state index contributed by atoms with van der Waals surface area (Å²) < 4.78 is 4.96. The van der Waals surface area contributed by atoms with E-state index in [1.54, 1.807) is 6.20 Å². The minimum absolute atomic E-state index is 0.515. The third-order valence-electron chi connectivity index (χ3n) is 0.681. The number of nitrogens with zero attached hydrogens (tertiary/aromatic N) is 1. The third kappa shape index (κ3) is 1.26. The van der Waals surface area contributed by atoms with Gasteiger partial charge in [-0.2, -0.15) is 12.6 Å². The molecule has 0 fully saturated rings. The lowest BCUT2D eigenvalue weighted by molar-refractivity contribution is 0.497. The van der Waals surface area contributed by atoms with Crippen LogP contribution < -0.4 is 0 Å². The van der Waals surface area contributed by atoms with Crippen LogP contribution >= 0.6 is 28.6 Å². The number of rotatable bonds is 1. The van der Waals surface area contributed by atoms with Crippen LogP contribution in [-0.4, -0.2) is 4.98 Å². The molecule has 1 aromatic rings. The molecule has 0 atom stereocenters. The van der Waals surface area contributed by atoms with Crippen LogP contribution in [-0.2, 0) is 5.75 Å². The zero-order chi connectivity index (χ0) is 5.98. The van der Waals surface area contributed by atoms with Crippen LogP contribution in [0.1, 0.15) is 5.76 Å². The minimum Gasteiger partial charge on any atom is -0.435 e. The van der Waals surface area contributed by atoms with Gasteiger partial charge in [-0.15, -0.1) is 0 Å². The number of oxazole rings is 1. The first-order chi connectivity index (χ1) is 3.83. The standard InChI is InChI=1S/C4H4BrNOS/c5-4-6-1-3(2-8)7-4/h1,8H,2H2. The van der Waals surface area contributed by atoms with Crippen LogP contribution in [0.5, 0.6) is 0 Å². The molecule has 1 rings (SSSR count). The highest BCUT2D eigenvalue weighted by Crippen LogP contribution is 2.10. The number of hydrogen-bond acceptors (Lipinski definition) is 3. The van der Waals surface area contributed by atoms with Crippen molar-refractivity contribution in [3.8, 4) is 0 Å². The summed E-state index contributed by atoms with van der Waals surface area (Å²) in [6.45, 7) is 0. The molecular formula is C4H4BrNOS. The van der Waals surface area contributed by atoms with Gasteiger partial charge in [-0.25, -0.2) is 4.98 Å². The molecule has 0 saturated heterocycles. The molecule has 0 aliphatic heterocycles. The number of thiol groups is 1. The molecule has 0 unspecified atom stereocenters. The van der Waals surface area contributed by atoms with E-state index in [-0.39, 0.29) is 0 Å². The quantitative estimate of drug-likeness (QED) is 0.690. The van der Waals surface area contributed by atoms with Gasteiger partial charge in [0.1, 0.15) is 5.76 Å². The molecule has 0 saturated carbocycles. The number of halogens is 1. The maximum Gasteiger partial charge on any atom is 0.264 e. The highest BCUT2D eigenvalue weighted by atomic mass is 79.9. The summed E-state index contributed by atoms with van der Waals surface area (Å²) in [5.41, 5.74) is 0. The molecule has 0 aromatic carbocycles. The molecule has 0 spiro atoms. The lowest BCUT2D eigenvalue weighted by Crippen LogP contribution is -1.63. The van der Waals surface area contributed by atoms with E-state index in [4.69, 9.17) is 4.42 Å². The fraction of sp³-hybridized carbons (Fsp3) is 0.250. The van der Waals surface area contributed by atoms with Gasteiger partial charge in [-0.05, 0) is 0 Å². The summed E-state index contributed by atoms with van der Waals surface area (Å²) in [6, 6.07) is 0. The summed E-state index contributed by atoms with van der Waals surface area (Å²) >= 11 is 7.03. The second-order valence-electron chi connectivity index (χ2n) is 1.24. The fourth-order valence-corrected chi connectivity index (χ4v) is 0.813. The SMILES string of the molecule is SCc1cnc(Br)o1. The predicted molar refractivity (Wildman–Crippen MR) is 36.9 cm³/mol. The second kappa shape index (κ2) is 2.55. The molecular weight excluding hydrogens is 190 g/mol. The summed E-state index contributed by atoms with van der Waals surface area (Å²) in [4.78, 5) is 4.30. The average Bonchev–Trinajstić information content (AvgIpc) is 2.14. The molecule has 0 radical (unpaired) electrons. The molecule has 0 bridgehead atoms. The van der Waals surface area contributed by atoms with E-state index in [1.165, 1.54) is 0 Å². The Bertz CT molecular complexity index is 176. The normalized spacial score (nSPS) is 9.75. The number of hydrogen-bond donors (Lipinski definition) is 1. The van der Waals surface area contributed by atoms with Crippen LogP contribution in [0.15, 0.2) is 15.4 Å². The molecule has 1 heterocycles. The summed E-state index contributed by atoms with van der Waals surface area (Å²) in [7, 11) is 0. The molecule has 4 heteroatoms. The Labute approximate surface area is 60.8 Å². The van der Waals surface area contributed by atoms with Gasteiger partial charge in [0.25, 0.3) is 4.80 Å². The second-order valence-corrected chi connectivity index (χ2v) is 2.23. The first-order valence-electron chi connectivity index (χ1n) is 2.04. The van der Waals surface area contributed by atoms with E-state index in [2.05, 4.69) is 33.5 Å². The van der Waals surface area contributed by atoms with Crippen molar-refractivity contribution >= 4 is 28.6 Å². The van der Waals surface area contributed by atoms with Gasteiger partial charge in [0.05, 0.1) is 11.9 Å². The maximum atomic E-state index is 4.96. The van der Waals surface area contributed by atoms with E-state index < -0.39 is 0 Å². The van der Waals surface area contributed by atoms with Crippen LogP contribution in [0.25, 0.3) is 0 Å². The van der Waals surface area contributed by atoms with Crippen molar-refractivity contribution in [2.75, 3.05) is 0 Å². The van der Waals surface area contributed by atoms with Crippen LogP contribution in [0, 0.1) is 0 Å². The van der Waals surface area contributed by atoms with E-state index in [9.17, 15) is 0 Å². The average molecular weight is 194 g/mol. The van der Waals surface area contributed by atoms with E-state index in [0.29, 0.717) is 10.6 Å². The fourth-order valence-electron chi connectivity index (χ4n) is 0.357. The predicted octanol–water partition coefficient (Wildman–Crippen LogP) is 1.87. The largest absolute Gasteiger partial charge is 0.435 e. The Balaban J connectivity index is 2.84. The van der Waals surface area contributed by atoms with Gasteiger partial charge in [0.15, 0.2) is 0 Å². The highest BCUT2D eigenvalue weighted by molar-refractivity contribution is 9.10. The van der Waals surface area contributed by atoms with E-state index >= 15 is 0 Å².